The summed E-state index contributed by atoms with van der Waals surface area (Å²) in [5.74, 6) is 0. The summed E-state index contributed by atoms with van der Waals surface area (Å²) in [7, 11) is 0. The van der Waals surface area contributed by atoms with Gasteiger partial charge in [0.1, 0.15) is 0 Å². The van der Waals surface area contributed by atoms with Gasteiger partial charge in [-0.25, -0.2) is 0 Å². The molecule has 0 fully saturated rings. The van der Waals surface area contributed by atoms with Crippen LogP contribution in [0.2, 0.25) is 0 Å². The highest BCUT2D eigenvalue weighted by molar-refractivity contribution is 5.54. The number of hydrogen-bond acceptors (Lipinski definition) is 4. The molecule has 0 bridgehead atoms. The second kappa shape index (κ2) is 12.7. The van der Waals surface area contributed by atoms with Crippen LogP contribution in [-0.4, -0.2) is 20.4 Å². The van der Waals surface area contributed by atoms with Gasteiger partial charge in [0.15, 0.2) is 0 Å². The molecule has 0 atom stereocenters. The fraction of sp³-hybridized carbons (Fsp3) is 0.379. The lowest BCUT2D eigenvalue weighted by atomic mass is 9.69. The first-order valence-corrected chi connectivity index (χ1v) is 11.1. The summed E-state index contributed by atoms with van der Waals surface area (Å²) in [6, 6.07) is 17.8. The minimum atomic E-state index is -0.624. The van der Waals surface area contributed by atoms with E-state index in [4.69, 9.17) is 0 Å². The second-order valence-electron chi connectivity index (χ2n) is 8.21. The Hall–Kier alpha value is -2.50. The van der Waals surface area contributed by atoms with Crippen LogP contribution in [0.25, 0.3) is 0 Å². The summed E-state index contributed by atoms with van der Waals surface area (Å²) in [4.78, 5) is 0. The normalized spacial score (nSPS) is 10.8. The van der Waals surface area contributed by atoms with Crippen molar-refractivity contribution in [3.8, 4) is 0 Å². The van der Waals surface area contributed by atoms with Crippen molar-refractivity contribution in [2.45, 2.75) is 73.9 Å². The van der Waals surface area contributed by atoms with Crippen LogP contribution in [0.15, 0.2) is 54.6 Å². The molecule has 0 spiro atoms. The summed E-state index contributed by atoms with van der Waals surface area (Å²) in [5.41, 5.74) is 7.50. The van der Waals surface area contributed by atoms with Crippen LogP contribution >= 0.6 is 0 Å². The lowest BCUT2D eigenvalue weighted by molar-refractivity contribution is 0.275. The standard InChI is InChI=1S/C26H30O4.C2H6.CH4/c1-17-4-18(2)6-23(5-17)26(3,24-9-19(13-27)7-20(10-24)14-28)25-11-21(15-29)8-22(12-25)16-30;1-2;/h4-12,27-30H,13-16H2,1-3H3;1-2H3;1H4. The Morgan fingerprint density at radius 1 is 0.515 bits per heavy atom. The molecule has 0 aliphatic carbocycles. The Kier molecular flexibility index (Phi) is 10.9. The van der Waals surface area contributed by atoms with Crippen molar-refractivity contribution in [2.75, 3.05) is 0 Å². The number of hydrogen-bond donors (Lipinski definition) is 4. The topological polar surface area (TPSA) is 80.9 Å². The second-order valence-corrected chi connectivity index (χ2v) is 8.21. The van der Waals surface area contributed by atoms with E-state index in [1.165, 1.54) is 0 Å². The summed E-state index contributed by atoms with van der Waals surface area (Å²) in [5, 5.41) is 39.2. The van der Waals surface area contributed by atoms with Gasteiger partial charge in [0.25, 0.3) is 0 Å². The minimum absolute atomic E-state index is 0. The van der Waals surface area contributed by atoms with Gasteiger partial charge in [-0.15, -0.1) is 0 Å². The summed E-state index contributed by atoms with van der Waals surface area (Å²) < 4.78 is 0. The van der Waals surface area contributed by atoms with Crippen molar-refractivity contribution in [1.29, 1.82) is 0 Å². The maximum absolute atomic E-state index is 9.79. The van der Waals surface area contributed by atoms with E-state index >= 15 is 0 Å². The van der Waals surface area contributed by atoms with E-state index in [9.17, 15) is 20.4 Å². The zero-order valence-corrected chi connectivity index (χ0v) is 19.8. The third kappa shape index (κ3) is 6.30. The van der Waals surface area contributed by atoms with Gasteiger partial charge in [-0.05, 0) is 59.7 Å². The Labute approximate surface area is 199 Å². The van der Waals surface area contributed by atoms with Crippen molar-refractivity contribution in [3.63, 3.8) is 0 Å². The molecule has 4 nitrogen and oxygen atoms in total. The predicted molar refractivity (Wildman–Crippen MR) is 136 cm³/mol. The quantitative estimate of drug-likeness (QED) is 0.367. The average molecular weight is 453 g/mol. The van der Waals surface area contributed by atoms with E-state index in [-0.39, 0.29) is 33.9 Å². The van der Waals surface area contributed by atoms with Gasteiger partial charge in [0, 0.05) is 5.41 Å². The number of rotatable bonds is 7. The highest BCUT2D eigenvalue weighted by atomic mass is 16.3. The molecule has 0 heterocycles. The van der Waals surface area contributed by atoms with Crippen LogP contribution in [0.3, 0.4) is 0 Å². The maximum atomic E-state index is 9.79. The predicted octanol–water partition coefficient (Wildman–Crippen LogP) is 5.29. The number of aliphatic hydroxyl groups excluding tert-OH is 4. The molecule has 180 valence electrons. The molecular weight excluding hydrogens is 412 g/mol. The van der Waals surface area contributed by atoms with Crippen LogP contribution in [0, 0.1) is 13.8 Å². The molecule has 3 aromatic carbocycles. The molecule has 0 radical (unpaired) electrons. The van der Waals surface area contributed by atoms with Gasteiger partial charge in [-0.2, -0.15) is 0 Å². The molecule has 0 amide bonds. The summed E-state index contributed by atoms with van der Waals surface area (Å²) in [6.45, 7) is 9.73. The van der Waals surface area contributed by atoms with Crippen LogP contribution in [0.1, 0.15) is 78.3 Å². The molecule has 0 unspecified atom stereocenters. The first kappa shape index (κ1) is 28.5. The maximum Gasteiger partial charge on any atom is 0.0682 e. The fourth-order valence-electron chi connectivity index (χ4n) is 4.23. The molecule has 0 aliphatic rings. The molecule has 3 rings (SSSR count). The number of aliphatic hydroxyl groups is 4. The van der Waals surface area contributed by atoms with E-state index < -0.39 is 5.41 Å². The molecule has 4 heteroatoms. The molecule has 4 N–H and O–H groups in total. The monoisotopic (exact) mass is 452 g/mol. The largest absolute Gasteiger partial charge is 0.392 e. The van der Waals surface area contributed by atoms with E-state index in [1.54, 1.807) is 12.1 Å². The first-order chi connectivity index (χ1) is 15.3. The molecule has 0 aromatic heterocycles. The van der Waals surface area contributed by atoms with Crippen molar-refractivity contribution in [2.24, 2.45) is 0 Å². The highest BCUT2D eigenvalue weighted by Gasteiger charge is 2.33. The SMILES string of the molecule is C.CC.Cc1cc(C)cc(C(C)(c2cc(CO)cc(CO)c2)c2cc(CO)cc(CO)c2)c1. The van der Waals surface area contributed by atoms with E-state index in [0.29, 0.717) is 0 Å². The molecule has 3 aromatic rings. The number of benzene rings is 3. The average Bonchev–Trinajstić information content (AvgIpc) is 2.83. The molecule has 0 saturated carbocycles. The smallest absolute Gasteiger partial charge is 0.0682 e. The summed E-state index contributed by atoms with van der Waals surface area (Å²) in [6.07, 6.45) is 0. The van der Waals surface area contributed by atoms with Crippen LogP contribution in [-0.2, 0) is 31.8 Å². The first-order valence-electron chi connectivity index (χ1n) is 11.1. The van der Waals surface area contributed by atoms with E-state index in [1.807, 2.05) is 38.1 Å². The third-order valence-corrected chi connectivity index (χ3v) is 5.79. The van der Waals surface area contributed by atoms with Gasteiger partial charge < -0.3 is 20.4 Å². The zero-order chi connectivity index (χ0) is 23.9. The van der Waals surface area contributed by atoms with Crippen molar-refractivity contribution in [1.82, 2.24) is 0 Å². The summed E-state index contributed by atoms with van der Waals surface area (Å²) >= 11 is 0. The lowest BCUT2D eigenvalue weighted by Gasteiger charge is -2.34. The van der Waals surface area contributed by atoms with Crippen LogP contribution < -0.4 is 0 Å². The zero-order valence-electron chi connectivity index (χ0n) is 19.8. The van der Waals surface area contributed by atoms with Gasteiger partial charge >= 0.3 is 0 Å². The molecule has 0 aliphatic heterocycles. The number of aryl methyl sites for hydroxylation is 2. The molecular formula is C29H40O4. The van der Waals surface area contributed by atoms with Crippen molar-refractivity contribution < 1.29 is 20.4 Å². The Bertz CT molecular complexity index is 920. The Morgan fingerprint density at radius 3 is 1.06 bits per heavy atom. The lowest BCUT2D eigenvalue weighted by Crippen LogP contribution is -2.27. The van der Waals surface area contributed by atoms with Crippen molar-refractivity contribution >= 4 is 0 Å². The van der Waals surface area contributed by atoms with Gasteiger partial charge in [0.2, 0.25) is 0 Å². The fourth-order valence-corrected chi connectivity index (χ4v) is 4.23. The van der Waals surface area contributed by atoms with Crippen molar-refractivity contribution in [3.05, 3.63) is 105 Å². The van der Waals surface area contributed by atoms with Gasteiger partial charge in [-0.3, -0.25) is 0 Å². The third-order valence-electron chi connectivity index (χ3n) is 5.79. The van der Waals surface area contributed by atoms with Gasteiger partial charge in [0.05, 0.1) is 26.4 Å². The molecule has 0 saturated heterocycles. The minimum Gasteiger partial charge on any atom is -0.392 e. The van der Waals surface area contributed by atoms with Gasteiger partial charge in [-0.1, -0.05) is 87.0 Å². The van der Waals surface area contributed by atoms with E-state index in [2.05, 4.69) is 39.0 Å². The highest BCUT2D eigenvalue weighted by Crippen LogP contribution is 2.41. The Morgan fingerprint density at radius 2 is 0.788 bits per heavy atom. The van der Waals surface area contributed by atoms with Crippen LogP contribution in [0.5, 0.6) is 0 Å². The van der Waals surface area contributed by atoms with Crippen LogP contribution in [0.4, 0.5) is 0 Å². The Balaban J connectivity index is 0.00000177. The van der Waals surface area contributed by atoms with E-state index in [0.717, 1.165) is 50.1 Å². The molecule has 33 heavy (non-hydrogen) atoms.